The molecule has 0 aliphatic carbocycles. The molecule has 1 aliphatic heterocycles. The van der Waals surface area contributed by atoms with E-state index in [1.54, 1.807) is 0 Å². The van der Waals surface area contributed by atoms with Gasteiger partial charge in [0.15, 0.2) is 5.65 Å². The van der Waals surface area contributed by atoms with Crippen molar-refractivity contribution in [3.8, 4) is 0 Å². The van der Waals surface area contributed by atoms with Gasteiger partial charge in [-0.3, -0.25) is 14.4 Å². The fourth-order valence-electron chi connectivity index (χ4n) is 4.64. The lowest BCUT2D eigenvalue weighted by Gasteiger charge is -2.35. The van der Waals surface area contributed by atoms with Gasteiger partial charge in [0, 0.05) is 62.8 Å². The van der Waals surface area contributed by atoms with Gasteiger partial charge in [-0.1, -0.05) is 0 Å². The van der Waals surface area contributed by atoms with Crippen molar-refractivity contribution in [1.82, 2.24) is 34.3 Å². The first-order valence-electron chi connectivity index (χ1n) is 11.2. The van der Waals surface area contributed by atoms with Crippen LogP contribution in [0.15, 0.2) is 6.07 Å². The van der Waals surface area contributed by atoms with Gasteiger partial charge in [-0.15, -0.1) is 0 Å². The first kappa shape index (κ1) is 21.5. The van der Waals surface area contributed by atoms with Gasteiger partial charge in [0.2, 0.25) is 0 Å². The number of carbonyl (C=O) groups is 1. The zero-order valence-electron chi connectivity index (χ0n) is 19.6. The summed E-state index contributed by atoms with van der Waals surface area (Å²) in [4.78, 5) is 22.5. The van der Waals surface area contributed by atoms with E-state index >= 15 is 0 Å². The van der Waals surface area contributed by atoms with Gasteiger partial charge in [0.25, 0.3) is 5.91 Å². The van der Waals surface area contributed by atoms with Crippen molar-refractivity contribution in [2.45, 2.75) is 61.2 Å². The molecule has 1 amide bonds. The molecule has 4 heterocycles. The summed E-state index contributed by atoms with van der Waals surface area (Å²) in [7, 11) is 0. The third-order valence-corrected chi connectivity index (χ3v) is 6.41. The molecule has 0 radical (unpaired) electrons. The second-order valence-electron chi connectivity index (χ2n) is 8.44. The average molecular weight is 424 g/mol. The normalized spacial score (nSPS) is 15.2. The molecule has 0 saturated carbocycles. The molecule has 0 atom stereocenters. The summed E-state index contributed by atoms with van der Waals surface area (Å²) >= 11 is 0. The molecule has 166 valence electrons. The lowest BCUT2D eigenvalue weighted by Crippen LogP contribution is -2.48. The van der Waals surface area contributed by atoms with Crippen LogP contribution in [-0.4, -0.2) is 66.4 Å². The second kappa shape index (κ2) is 8.42. The molecule has 0 aromatic carbocycles. The molecule has 0 spiro atoms. The van der Waals surface area contributed by atoms with Crippen molar-refractivity contribution in [1.29, 1.82) is 0 Å². The summed E-state index contributed by atoms with van der Waals surface area (Å²) in [5.74, 6) is 0.0834. The van der Waals surface area contributed by atoms with Crippen LogP contribution in [0, 0.1) is 27.7 Å². The predicted molar refractivity (Wildman–Crippen MR) is 121 cm³/mol. The van der Waals surface area contributed by atoms with E-state index in [4.69, 9.17) is 0 Å². The quantitative estimate of drug-likeness (QED) is 0.631. The van der Waals surface area contributed by atoms with E-state index in [1.165, 1.54) is 11.3 Å². The van der Waals surface area contributed by atoms with E-state index in [0.717, 1.165) is 79.5 Å². The summed E-state index contributed by atoms with van der Waals surface area (Å²) in [6, 6.07) is 1.91. The summed E-state index contributed by atoms with van der Waals surface area (Å²) in [5, 5.41) is 10.1. The highest BCUT2D eigenvalue weighted by atomic mass is 16.2. The fraction of sp³-hybridized carbons (Fsp3) is 0.565. The van der Waals surface area contributed by atoms with Crippen LogP contribution in [0.4, 0.5) is 0 Å². The van der Waals surface area contributed by atoms with Gasteiger partial charge in [0.1, 0.15) is 0 Å². The summed E-state index contributed by atoms with van der Waals surface area (Å²) in [6.07, 6.45) is 0. The van der Waals surface area contributed by atoms with Crippen LogP contribution in [0.2, 0.25) is 0 Å². The summed E-state index contributed by atoms with van der Waals surface area (Å²) < 4.78 is 3.95. The summed E-state index contributed by atoms with van der Waals surface area (Å²) in [5.41, 5.74) is 6.92. The van der Waals surface area contributed by atoms with Gasteiger partial charge >= 0.3 is 0 Å². The number of aromatic nitrogens is 5. The summed E-state index contributed by atoms with van der Waals surface area (Å²) in [6.45, 7) is 18.0. The standard InChI is InChI=1S/C23H33N7O/c1-7-29-18(6)20(16(4)25-29)14-27-9-11-28(12-10-27)23(31)19-13-15(3)24-22-21(19)17(5)26-30(22)8-2/h13H,7-12,14H2,1-6H3. The van der Waals surface area contributed by atoms with Crippen LogP contribution in [0.25, 0.3) is 11.0 Å². The van der Waals surface area contributed by atoms with E-state index in [9.17, 15) is 4.79 Å². The lowest BCUT2D eigenvalue weighted by atomic mass is 10.1. The monoisotopic (exact) mass is 423 g/mol. The Hall–Kier alpha value is -2.74. The molecule has 0 bridgehead atoms. The van der Waals surface area contributed by atoms with Crippen LogP contribution in [-0.2, 0) is 19.6 Å². The van der Waals surface area contributed by atoms with E-state index in [0.29, 0.717) is 0 Å². The van der Waals surface area contributed by atoms with Gasteiger partial charge < -0.3 is 4.90 Å². The molecule has 1 saturated heterocycles. The molecule has 0 unspecified atom stereocenters. The van der Waals surface area contributed by atoms with E-state index < -0.39 is 0 Å². The van der Waals surface area contributed by atoms with Crippen LogP contribution in [0.3, 0.4) is 0 Å². The Labute approximate surface area is 183 Å². The molecule has 0 N–H and O–H groups in total. The zero-order chi connectivity index (χ0) is 22.3. The topological polar surface area (TPSA) is 72.1 Å². The number of fused-ring (bicyclic) bond motifs is 1. The molecule has 1 fully saturated rings. The van der Waals surface area contributed by atoms with Gasteiger partial charge in [-0.05, 0) is 47.6 Å². The smallest absolute Gasteiger partial charge is 0.254 e. The SMILES string of the molecule is CCn1nc(C)c(CN2CCN(C(=O)c3cc(C)nc4c3c(C)nn4CC)CC2)c1C. The van der Waals surface area contributed by atoms with Gasteiger partial charge in [-0.2, -0.15) is 10.2 Å². The number of carbonyl (C=O) groups excluding carboxylic acids is 1. The Morgan fingerprint density at radius 1 is 0.935 bits per heavy atom. The maximum absolute atomic E-state index is 13.5. The Morgan fingerprint density at radius 2 is 1.58 bits per heavy atom. The maximum Gasteiger partial charge on any atom is 0.254 e. The molecule has 8 nitrogen and oxygen atoms in total. The third kappa shape index (κ3) is 3.84. The molecule has 3 aromatic heterocycles. The fourth-order valence-corrected chi connectivity index (χ4v) is 4.64. The first-order chi connectivity index (χ1) is 14.8. The molecular weight excluding hydrogens is 390 g/mol. The number of hydrogen-bond acceptors (Lipinski definition) is 5. The van der Waals surface area contributed by atoms with Crippen molar-refractivity contribution in [3.63, 3.8) is 0 Å². The number of nitrogens with zero attached hydrogens (tertiary/aromatic N) is 7. The largest absolute Gasteiger partial charge is 0.336 e. The number of hydrogen-bond donors (Lipinski definition) is 0. The number of amides is 1. The highest BCUT2D eigenvalue weighted by Crippen LogP contribution is 2.24. The predicted octanol–water partition coefficient (Wildman–Crippen LogP) is 2.86. The minimum Gasteiger partial charge on any atom is -0.336 e. The Bertz CT molecular complexity index is 1120. The highest BCUT2D eigenvalue weighted by molar-refractivity contribution is 6.06. The maximum atomic E-state index is 13.5. The molecule has 31 heavy (non-hydrogen) atoms. The first-order valence-corrected chi connectivity index (χ1v) is 11.2. The van der Waals surface area contributed by atoms with Crippen molar-refractivity contribution < 1.29 is 4.79 Å². The highest BCUT2D eigenvalue weighted by Gasteiger charge is 2.26. The number of rotatable bonds is 5. The number of aryl methyl sites for hydroxylation is 5. The van der Waals surface area contributed by atoms with Gasteiger partial charge in [-0.25, -0.2) is 9.67 Å². The third-order valence-electron chi connectivity index (χ3n) is 6.41. The van der Waals surface area contributed by atoms with Crippen LogP contribution in [0.5, 0.6) is 0 Å². The van der Waals surface area contributed by atoms with E-state index in [1.807, 2.05) is 36.4 Å². The number of pyridine rings is 1. The minimum absolute atomic E-state index is 0.0834. The molecule has 4 rings (SSSR count). The Kier molecular flexibility index (Phi) is 5.83. The Balaban J connectivity index is 1.50. The van der Waals surface area contributed by atoms with Crippen molar-refractivity contribution in [2.75, 3.05) is 26.2 Å². The average Bonchev–Trinajstić information content (AvgIpc) is 3.23. The van der Waals surface area contributed by atoms with Crippen LogP contribution < -0.4 is 0 Å². The van der Waals surface area contributed by atoms with E-state index in [-0.39, 0.29) is 5.91 Å². The Morgan fingerprint density at radius 3 is 2.19 bits per heavy atom. The van der Waals surface area contributed by atoms with Crippen molar-refractivity contribution in [3.05, 3.63) is 40.0 Å². The van der Waals surface area contributed by atoms with Crippen molar-refractivity contribution >= 4 is 16.9 Å². The van der Waals surface area contributed by atoms with Crippen LogP contribution >= 0.6 is 0 Å². The zero-order valence-corrected chi connectivity index (χ0v) is 19.6. The molecule has 3 aromatic rings. The number of piperazine rings is 1. The molecular formula is C23H33N7O. The van der Waals surface area contributed by atoms with E-state index in [2.05, 4.69) is 45.5 Å². The van der Waals surface area contributed by atoms with Crippen molar-refractivity contribution in [2.24, 2.45) is 0 Å². The van der Waals surface area contributed by atoms with Gasteiger partial charge in [0.05, 0.1) is 22.3 Å². The minimum atomic E-state index is 0.0834. The molecule has 1 aliphatic rings. The molecule has 8 heteroatoms. The van der Waals surface area contributed by atoms with Crippen LogP contribution in [0.1, 0.15) is 52.5 Å². The lowest BCUT2D eigenvalue weighted by molar-refractivity contribution is 0.0629. The second-order valence-corrected chi connectivity index (χ2v) is 8.44.